The maximum absolute atomic E-state index is 11.3. The molecule has 0 heterocycles. The van der Waals surface area contributed by atoms with Crippen molar-refractivity contribution in [2.75, 3.05) is 6.61 Å². The summed E-state index contributed by atoms with van der Waals surface area (Å²) < 4.78 is 14.7. The van der Waals surface area contributed by atoms with E-state index in [2.05, 4.69) is 9.84 Å². The van der Waals surface area contributed by atoms with Crippen LogP contribution < -0.4 is 74.2 Å². The molecule has 1 aromatic rings. The topological polar surface area (TPSA) is 102 Å². The van der Waals surface area contributed by atoms with Crippen molar-refractivity contribution in [2.24, 2.45) is 0 Å². The van der Waals surface area contributed by atoms with Crippen LogP contribution in [0.5, 0.6) is 0 Å². The van der Waals surface area contributed by atoms with Crippen LogP contribution in [-0.2, 0) is 13.9 Å². The first-order valence-corrected chi connectivity index (χ1v) is 6.89. The second kappa shape index (κ2) is 11.4. The number of hydrogen-bond donors (Lipinski definition) is 1. The molecule has 0 fully saturated rings. The minimum absolute atomic E-state index is 0. The van der Waals surface area contributed by atoms with Crippen molar-refractivity contribution in [3.05, 3.63) is 35.9 Å². The van der Waals surface area contributed by atoms with Gasteiger partial charge in [-0.15, -0.1) is 0 Å². The van der Waals surface area contributed by atoms with E-state index in [-0.39, 0.29) is 71.4 Å². The first kappa shape index (κ1) is 23.1. The number of hydrogen-bond acceptors (Lipinski definition) is 5. The first-order valence-electron chi connectivity index (χ1n) is 5.43. The van der Waals surface area contributed by atoms with Crippen LogP contribution in [0.25, 0.3) is 0 Å². The minimum atomic E-state index is -5.04. The van der Waals surface area contributed by atoms with E-state index >= 15 is 0 Å². The van der Waals surface area contributed by atoms with Gasteiger partial charge in [0, 0.05) is 6.42 Å². The van der Waals surface area contributed by atoms with Gasteiger partial charge >= 0.3 is 59.1 Å². The molecule has 0 saturated carbocycles. The van der Waals surface area contributed by atoms with Crippen LogP contribution in [-0.4, -0.2) is 12.5 Å². The zero-order valence-electron chi connectivity index (χ0n) is 11.9. The number of benzene rings is 1. The summed E-state index contributed by atoms with van der Waals surface area (Å²) in [5, 5.41) is 2.59. The smallest absolute Gasteiger partial charge is 0.790 e. The van der Waals surface area contributed by atoms with E-state index in [1.807, 2.05) is 0 Å². The number of carbonyl (C=O) groups is 1. The Kier molecular flexibility index (Phi) is 13.1. The van der Waals surface area contributed by atoms with E-state index in [0.717, 1.165) is 0 Å². The summed E-state index contributed by atoms with van der Waals surface area (Å²) in [6, 6.07) is 8.04. The Morgan fingerprint density at radius 1 is 1.30 bits per heavy atom. The van der Waals surface area contributed by atoms with Gasteiger partial charge in [0.2, 0.25) is 5.91 Å². The summed E-state index contributed by atoms with van der Waals surface area (Å²) >= 11 is 0. The molecule has 0 aliphatic carbocycles. The third kappa shape index (κ3) is 9.68. The van der Waals surface area contributed by atoms with Gasteiger partial charge in [-0.2, -0.15) is 0 Å². The molecule has 1 aromatic carbocycles. The summed E-state index contributed by atoms with van der Waals surface area (Å²) in [7, 11) is -5.04. The van der Waals surface area contributed by atoms with Crippen LogP contribution in [0.4, 0.5) is 0 Å². The van der Waals surface area contributed by atoms with Gasteiger partial charge in [-0.1, -0.05) is 37.3 Å². The van der Waals surface area contributed by atoms with Crippen LogP contribution in [0.3, 0.4) is 0 Å². The van der Waals surface area contributed by atoms with Crippen molar-refractivity contribution in [3.63, 3.8) is 0 Å². The third-order valence-corrected chi connectivity index (χ3v) is 2.72. The van der Waals surface area contributed by atoms with Crippen molar-refractivity contribution < 1.29 is 82.8 Å². The van der Waals surface area contributed by atoms with Gasteiger partial charge in [0.15, 0.2) is 0 Å². The zero-order valence-corrected chi connectivity index (χ0v) is 16.8. The molecular formula is C11H14NNa2O5P. The van der Waals surface area contributed by atoms with E-state index in [1.54, 1.807) is 37.3 Å². The van der Waals surface area contributed by atoms with Gasteiger partial charge < -0.3 is 24.2 Å². The maximum Gasteiger partial charge on any atom is 1.00 e. The van der Waals surface area contributed by atoms with Gasteiger partial charge in [0.25, 0.3) is 0 Å². The van der Waals surface area contributed by atoms with Crippen molar-refractivity contribution in [1.29, 1.82) is 0 Å². The second-order valence-corrected chi connectivity index (χ2v) is 4.78. The van der Waals surface area contributed by atoms with E-state index < -0.39 is 20.5 Å². The number of phosphoric ester groups is 1. The van der Waals surface area contributed by atoms with Crippen LogP contribution in [0.15, 0.2) is 30.3 Å². The summed E-state index contributed by atoms with van der Waals surface area (Å²) in [4.78, 5) is 32.2. The molecule has 0 saturated heterocycles. The molecule has 0 bridgehead atoms. The number of carbonyl (C=O) groups excluding carboxylic acids is 1. The monoisotopic (exact) mass is 317 g/mol. The average molecular weight is 317 g/mol. The van der Waals surface area contributed by atoms with Crippen molar-refractivity contribution in [1.82, 2.24) is 5.32 Å². The molecule has 6 nitrogen and oxygen atoms in total. The van der Waals surface area contributed by atoms with Gasteiger partial charge in [0.1, 0.15) is 0 Å². The molecule has 9 heteroatoms. The normalized spacial score (nSPS) is 11.8. The minimum Gasteiger partial charge on any atom is -0.790 e. The Morgan fingerprint density at radius 3 is 2.30 bits per heavy atom. The molecule has 0 spiro atoms. The Morgan fingerprint density at radius 2 is 1.85 bits per heavy atom. The molecule has 0 radical (unpaired) electrons. The maximum atomic E-state index is 11.3. The third-order valence-electron chi connectivity index (χ3n) is 2.26. The van der Waals surface area contributed by atoms with E-state index in [1.165, 1.54) is 0 Å². The van der Waals surface area contributed by atoms with Crippen LogP contribution in [0.2, 0.25) is 0 Å². The Bertz CT molecular complexity index is 440. The van der Waals surface area contributed by atoms with Crippen LogP contribution in [0.1, 0.15) is 24.9 Å². The molecule has 0 aliphatic heterocycles. The molecule has 100 valence electrons. The largest absolute Gasteiger partial charge is 1.00 e. The molecule has 20 heavy (non-hydrogen) atoms. The SMILES string of the molecule is CCC(=O)N[C@@H](COP(=O)([O-])[O-])c1ccccc1.[Na+].[Na+]. The molecule has 0 aromatic heterocycles. The summed E-state index contributed by atoms with van der Waals surface area (Å²) in [6.07, 6.45) is 0.260. The van der Waals surface area contributed by atoms with E-state index in [4.69, 9.17) is 0 Å². The molecule has 0 aliphatic rings. The molecule has 0 unspecified atom stereocenters. The number of nitrogens with one attached hydrogen (secondary N) is 1. The Balaban J connectivity index is 0. The fourth-order valence-electron chi connectivity index (χ4n) is 1.37. The van der Waals surface area contributed by atoms with Crippen molar-refractivity contribution >= 4 is 13.7 Å². The van der Waals surface area contributed by atoms with Gasteiger partial charge in [0.05, 0.1) is 20.5 Å². The predicted octanol–water partition coefficient (Wildman–Crippen LogP) is -5.89. The zero-order chi connectivity index (χ0) is 13.6. The van der Waals surface area contributed by atoms with Crippen molar-refractivity contribution in [2.45, 2.75) is 19.4 Å². The summed E-state index contributed by atoms with van der Waals surface area (Å²) in [5.41, 5.74) is 0.674. The molecular weight excluding hydrogens is 303 g/mol. The average Bonchev–Trinajstić information content (AvgIpc) is 2.34. The molecule has 1 rings (SSSR count). The Hall–Kier alpha value is 0.800. The van der Waals surface area contributed by atoms with E-state index in [0.29, 0.717) is 5.56 Å². The van der Waals surface area contributed by atoms with Gasteiger partial charge in [-0.05, 0) is 5.56 Å². The van der Waals surface area contributed by atoms with Crippen LogP contribution in [0, 0.1) is 0 Å². The standard InChI is InChI=1S/C11H16NO5P.2Na/c1-2-11(13)12-10(8-17-18(14,15)16)9-6-4-3-5-7-9;;/h3-7,10H,2,8H2,1H3,(H,12,13)(H2,14,15,16);;/q;2*+1/p-2/t10-;;/m0../s1. The number of rotatable bonds is 6. The predicted molar refractivity (Wildman–Crippen MR) is 61.2 cm³/mol. The van der Waals surface area contributed by atoms with E-state index in [9.17, 15) is 19.1 Å². The van der Waals surface area contributed by atoms with Gasteiger partial charge in [-0.25, -0.2) is 0 Å². The fourth-order valence-corrected chi connectivity index (χ4v) is 1.70. The molecule has 1 N–H and O–H groups in total. The fraction of sp³-hybridized carbons (Fsp3) is 0.364. The number of phosphoric acid groups is 1. The van der Waals surface area contributed by atoms with Crippen LogP contribution >= 0.6 is 7.82 Å². The Labute approximate surface area is 162 Å². The molecule has 1 atom stereocenters. The second-order valence-electron chi connectivity index (χ2n) is 3.63. The quantitative estimate of drug-likeness (QED) is 0.416. The van der Waals surface area contributed by atoms with Gasteiger partial charge in [-0.3, -0.25) is 4.79 Å². The summed E-state index contributed by atoms with van der Waals surface area (Å²) in [5.74, 6) is -0.251. The molecule has 1 amide bonds. The number of amides is 1. The van der Waals surface area contributed by atoms with Crippen molar-refractivity contribution in [3.8, 4) is 0 Å². The summed E-state index contributed by atoms with van der Waals surface area (Å²) in [6.45, 7) is 1.27. The first-order chi connectivity index (χ1) is 8.42.